The summed E-state index contributed by atoms with van der Waals surface area (Å²) < 4.78 is 5.43. The smallest absolute Gasteiger partial charge is 0.346 e. The van der Waals surface area contributed by atoms with Gasteiger partial charge in [-0.25, -0.2) is 9.79 Å². The summed E-state index contributed by atoms with van der Waals surface area (Å²) in [5, 5.41) is 0. The highest BCUT2D eigenvalue weighted by Crippen LogP contribution is 2.32. The van der Waals surface area contributed by atoms with Gasteiger partial charge in [-0.3, -0.25) is 0 Å². The van der Waals surface area contributed by atoms with Gasteiger partial charge in [0, 0.05) is 24.4 Å². The van der Waals surface area contributed by atoms with Crippen LogP contribution in [0.4, 0.5) is 0 Å². The first-order valence-corrected chi connectivity index (χ1v) is 7.36. The summed E-state index contributed by atoms with van der Waals surface area (Å²) in [7, 11) is 0. The van der Waals surface area contributed by atoms with E-state index in [9.17, 15) is 4.79 Å². The van der Waals surface area contributed by atoms with Crippen molar-refractivity contribution in [2.75, 3.05) is 13.1 Å². The second kappa shape index (κ2) is 6.12. The molecule has 21 heavy (non-hydrogen) atoms. The molecule has 2 rings (SSSR count). The predicted molar refractivity (Wildman–Crippen MR) is 84.2 cm³/mol. The van der Waals surface area contributed by atoms with E-state index in [2.05, 4.69) is 23.7 Å². The van der Waals surface area contributed by atoms with E-state index < -0.39 is 5.54 Å². The van der Waals surface area contributed by atoms with E-state index in [1.165, 1.54) is 0 Å². The van der Waals surface area contributed by atoms with Crippen molar-refractivity contribution in [1.82, 2.24) is 4.90 Å². The molecule has 0 spiro atoms. The molecule has 112 valence electrons. The Kier molecular flexibility index (Phi) is 4.46. The minimum absolute atomic E-state index is 0.318. The van der Waals surface area contributed by atoms with Crippen molar-refractivity contribution in [2.24, 2.45) is 4.99 Å². The number of esters is 1. The second-order valence-electron chi connectivity index (χ2n) is 5.09. The first-order valence-electron chi connectivity index (χ1n) is 7.36. The Morgan fingerprint density at radius 1 is 1.29 bits per heavy atom. The molecule has 1 heterocycles. The molecule has 1 aliphatic heterocycles. The normalized spacial score (nSPS) is 22.0. The van der Waals surface area contributed by atoms with Crippen LogP contribution >= 0.6 is 0 Å². The van der Waals surface area contributed by atoms with Crippen molar-refractivity contribution < 1.29 is 9.53 Å². The monoisotopic (exact) mass is 286 g/mol. The quantitative estimate of drug-likeness (QED) is 0.781. The number of carbonyl (C=O) groups excluding carboxylic acids is 1. The molecule has 4 heteroatoms. The maximum atomic E-state index is 12.4. The summed E-state index contributed by atoms with van der Waals surface area (Å²) in [6, 6.07) is 9.52. The maximum absolute atomic E-state index is 12.4. The van der Waals surface area contributed by atoms with Crippen molar-refractivity contribution in [3.8, 4) is 0 Å². The van der Waals surface area contributed by atoms with Gasteiger partial charge in [0.15, 0.2) is 5.54 Å². The molecule has 0 bridgehead atoms. The van der Waals surface area contributed by atoms with E-state index in [0.29, 0.717) is 5.90 Å². The molecule has 0 N–H and O–H groups in total. The van der Waals surface area contributed by atoms with Gasteiger partial charge in [0.2, 0.25) is 5.90 Å². The molecule has 1 atom stereocenters. The predicted octanol–water partition coefficient (Wildman–Crippen LogP) is 2.99. The molecule has 0 saturated heterocycles. The molecular weight excluding hydrogens is 264 g/mol. The van der Waals surface area contributed by atoms with E-state index in [1.54, 1.807) is 0 Å². The van der Waals surface area contributed by atoms with Gasteiger partial charge in [-0.15, -0.1) is 0 Å². The zero-order chi connectivity index (χ0) is 15.5. The molecular formula is C17H22N2O2. The summed E-state index contributed by atoms with van der Waals surface area (Å²) in [4.78, 5) is 19.1. The third-order valence-electron chi connectivity index (χ3n) is 3.81. The minimum Gasteiger partial charge on any atom is -0.405 e. The van der Waals surface area contributed by atoms with Crippen LogP contribution in [0.25, 0.3) is 0 Å². The lowest BCUT2D eigenvalue weighted by Crippen LogP contribution is -2.41. The Balaban J connectivity index is 2.42. The number of nitrogens with zero attached hydrogens (tertiary/aromatic N) is 2. The maximum Gasteiger partial charge on any atom is 0.346 e. The molecule has 0 aromatic heterocycles. The van der Waals surface area contributed by atoms with Crippen LogP contribution in [-0.2, 0) is 9.53 Å². The zero-order valence-corrected chi connectivity index (χ0v) is 13.1. The van der Waals surface area contributed by atoms with E-state index in [0.717, 1.165) is 24.4 Å². The highest BCUT2D eigenvalue weighted by molar-refractivity contribution is 6.09. The van der Waals surface area contributed by atoms with Crippen LogP contribution in [0.5, 0.6) is 0 Å². The number of carbonyl (C=O) groups is 1. The highest BCUT2D eigenvalue weighted by atomic mass is 16.6. The standard InChI is InChI=1S/C17H22N2O2/c1-5-14(19(6-2)7-3)17(4)16(20)21-15(18-17)13-11-9-8-10-12-13/h5,8-12H,6-7H2,1-4H3/b14-5-. The highest BCUT2D eigenvalue weighted by Gasteiger charge is 2.46. The Morgan fingerprint density at radius 2 is 1.90 bits per heavy atom. The van der Waals surface area contributed by atoms with E-state index in [-0.39, 0.29) is 5.97 Å². The summed E-state index contributed by atoms with van der Waals surface area (Å²) in [5.41, 5.74) is 0.749. The lowest BCUT2D eigenvalue weighted by atomic mass is 9.97. The van der Waals surface area contributed by atoms with Crippen LogP contribution in [-0.4, -0.2) is 35.4 Å². The van der Waals surface area contributed by atoms with Gasteiger partial charge in [0.05, 0.1) is 0 Å². The van der Waals surface area contributed by atoms with E-state index in [1.807, 2.05) is 50.3 Å². The van der Waals surface area contributed by atoms with Gasteiger partial charge in [-0.05, 0) is 39.8 Å². The fourth-order valence-electron chi connectivity index (χ4n) is 2.66. The van der Waals surface area contributed by atoms with Gasteiger partial charge in [0.1, 0.15) is 0 Å². The topological polar surface area (TPSA) is 41.9 Å². The number of rotatable bonds is 5. The van der Waals surface area contributed by atoms with E-state index >= 15 is 0 Å². The van der Waals surface area contributed by atoms with Crippen molar-refractivity contribution in [3.63, 3.8) is 0 Å². The summed E-state index contributed by atoms with van der Waals surface area (Å²) >= 11 is 0. The van der Waals surface area contributed by atoms with E-state index in [4.69, 9.17) is 4.74 Å². The van der Waals surface area contributed by atoms with Gasteiger partial charge in [-0.1, -0.05) is 24.3 Å². The number of allylic oxidation sites excluding steroid dienone is 1. The summed E-state index contributed by atoms with van der Waals surface area (Å²) in [5.74, 6) is 0.0796. The largest absolute Gasteiger partial charge is 0.405 e. The number of benzene rings is 1. The number of hydrogen-bond acceptors (Lipinski definition) is 4. The minimum atomic E-state index is -0.966. The number of cyclic esters (lactones) is 1. The van der Waals surface area contributed by atoms with Gasteiger partial charge in [0.25, 0.3) is 0 Å². The number of ether oxygens (including phenoxy) is 1. The number of aliphatic imine (C=N–C) groups is 1. The molecule has 0 amide bonds. The van der Waals surface area contributed by atoms with Crippen LogP contribution in [0, 0.1) is 0 Å². The molecule has 1 aliphatic rings. The third kappa shape index (κ3) is 2.71. The van der Waals surface area contributed by atoms with Gasteiger partial charge < -0.3 is 9.64 Å². The third-order valence-corrected chi connectivity index (χ3v) is 3.81. The number of likely N-dealkylation sites (N-methyl/N-ethyl adjacent to an activating group) is 1. The molecule has 0 radical (unpaired) electrons. The Hall–Kier alpha value is -2.10. The lowest BCUT2D eigenvalue weighted by Gasteiger charge is -2.31. The van der Waals surface area contributed by atoms with Gasteiger partial charge in [-0.2, -0.15) is 0 Å². The Bertz CT molecular complexity index is 574. The zero-order valence-electron chi connectivity index (χ0n) is 13.1. The lowest BCUT2D eigenvalue weighted by molar-refractivity contribution is -0.137. The first-order chi connectivity index (χ1) is 10.1. The van der Waals surface area contributed by atoms with Crippen LogP contribution in [0.15, 0.2) is 47.1 Å². The van der Waals surface area contributed by atoms with Crippen LogP contribution in [0.1, 0.15) is 33.3 Å². The number of hydrogen-bond donors (Lipinski definition) is 0. The van der Waals surface area contributed by atoms with Crippen LogP contribution in [0.3, 0.4) is 0 Å². The molecule has 1 unspecified atom stereocenters. The molecule has 0 saturated carbocycles. The molecule has 0 fully saturated rings. The molecule has 0 aliphatic carbocycles. The second-order valence-corrected chi connectivity index (χ2v) is 5.09. The first kappa shape index (κ1) is 15.3. The SMILES string of the molecule is C/C=C(\N(CC)CC)C1(C)N=C(c2ccccc2)OC1=O. The Labute approximate surface area is 126 Å². The average molecular weight is 286 g/mol. The molecule has 1 aromatic carbocycles. The fourth-order valence-corrected chi connectivity index (χ4v) is 2.66. The summed E-state index contributed by atoms with van der Waals surface area (Å²) in [6.07, 6.45) is 1.95. The van der Waals surface area contributed by atoms with Crippen molar-refractivity contribution in [3.05, 3.63) is 47.7 Å². The van der Waals surface area contributed by atoms with Gasteiger partial charge >= 0.3 is 5.97 Å². The molecule has 4 nitrogen and oxygen atoms in total. The van der Waals surface area contributed by atoms with Crippen molar-refractivity contribution in [1.29, 1.82) is 0 Å². The fraction of sp³-hybridized carbons (Fsp3) is 0.412. The van der Waals surface area contributed by atoms with Crippen molar-refractivity contribution >= 4 is 11.9 Å². The van der Waals surface area contributed by atoms with Crippen LogP contribution < -0.4 is 0 Å². The van der Waals surface area contributed by atoms with Crippen LogP contribution in [0.2, 0.25) is 0 Å². The van der Waals surface area contributed by atoms with Crippen molar-refractivity contribution in [2.45, 2.75) is 33.2 Å². The molecule has 1 aromatic rings. The average Bonchev–Trinajstić information content (AvgIpc) is 2.82. The Morgan fingerprint density at radius 3 is 2.43 bits per heavy atom. The summed E-state index contributed by atoms with van der Waals surface area (Å²) in [6.45, 7) is 9.54.